The molecule has 1 fully saturated rings. The number of carbonyl (C=O) groups is 1. The fourth-order valence-electron chi connectivity index (χ4n) is 4.34. The van der Waals surface area contributed by atoms with Gasteiger partial charge in [-0.05, 0) is 76.9 Å². The standard InChI is InChI=1S/C32H32N2O2/c35-30(15-10-25-6-4-18-33-21-25)20-24-11-16-31(17-12-24)36-23-28-7-1-2-9-32(28)27-8-3-5-26(19-27)22-34-29-13-14-29/h1-9,11-12,16-19,21,29,34H,10,13-15,20,22-23H2. The number of aryl methyl sites for hydroxylation is 1. The molecule has 1 aliphatic carbocycles. The number of pyridine rings is 1. The minimum absolute atomic E-state index is 0.232. The second-order valence-electron chi connectivity index (χ2n) is 9.52. The van der Waals surface area contributed by atoms with E-state index in [1.807, 2.05) is 42.6 Å². The quantitative estimate of drug-likeness (QED) is 0.260. The van der Waals surface area contributed by atoms with Crippen LogP contribution in [-0.4, -0.2) is 16.8 Å². The van der Waals surface area contributed by atoms with Gasteiger partial charge in [-0.1, -0.05) is 60.7 Å². The summed E-state index contributed by atoms with van der Waals surface area (Å²) >= 11 is 0. The predicted octanol–water partition coefficient (Wildman–Crippen LogP) is 6.32. The molecule has 4 aromatic rings. The second kappa shape index (κ2) is 11.8. The van der Waals surface area contributed by atoms with Gasteiger partial charge in [0.25, 0.3) is 0 Å². The third-order valence-electron chi connectivity index (χ3n) is 6.56. The van der Waals surface area contributed by atoms with Crippen LogP contribution in [0.3, 0.4) is 0 Å². The molecule has 4 nitrogen and oxygen atoms in total. The van der Waals surface area contributed by atoms with E-state index in [2.05, 4.69) is 58.8 Å². The second-order valence-corrected chi connectivity index (χ2v) is 9.52. The summed E-state index contributed by atoms with van der Waals surface area (Å²) in [5.41, 5.74) is 6.97. The Bertz CT molecular complexity index is 1280. The van der Waals surface area contributed by atoms with E-state index in [0.29, 0.717) is 25.5 Å². The number of ether oxygens (including phenoxy) is 1. The summed E-state index contributed by atoms with van der Waals surface area (Å²) in [4.78, 5) is 16.5. The molecule has 5 rings (SSSR count). The lowest BCUT2D eigenvalue weighted by Gasteiger charge is -2.13. The zero-order chi connectivity index (χ0) is 24.6. The molecule has 182 valence electrons. The largest absolute Gasteiger partial charge is 0.489 e. The minimum atomic E-state index is 0.232. The number of nitrogens with one attached hydrogen (secondary N) is 1. The number of ketones is 1. The Kier molecular flexibility index (Phi) is 7.84. The zero-order valence-electron chi connectivity index (χ0n) is 20.5. The SMILES string of the molecule is O=C(CCc1cccnc1)Cc1ccc(OCc2ccccc2-c2cccc(CNC3CC3)c2)cc1. The van der Waals surface area contributed by atoms with Gasteiger partial charge in [0.15, 0.2) is 0 Å². The normalized spacial score (nSPS) is 12.9. The Morgan fingerprint density at radius 1 is 0.889 bits per heavy atom. The van der Waals surface area contributed by atoms with Crippen molar-refractivity contribution in [1.29, 1.82) is 0 Å². The van der Waals surface area contributed by atoms with Crippen LogP contribution in [0.4, 0.5) is 0 Å². The highest BCUT2D eigenvalue weighted by molar-refractivity contribution is 5.81. The third kappa shape index (κ3) is 6.89. The maximum atomic E-state index is 12.4. The van der Waals surface area contributed by atoms with Crippen molar-refractivity contribution in [3.05, 3.63) is 120 Å². The van der Waals surface area contributed by atoms with Crippen molar-refractivity contribution in [1.82, 2.24) is 10.3 Å². The number of aromatic nitrogens is 1. The molecule has 0 spiro atoms. The first-order valence-electron chi connectivity index (χ1n) is 12.8. The monoisotopic (exact) mass is 476 g/mol. The number of nitrogens with zero attached hydrogens (tertiary/aromatic N) is 1. The lowest BCUT2D eigenvalue weighted by Crippen LogP contribution is -2.15. The molecule has 4 heteroatoms. The number of carbonyl (C=O) groups excluding carboxylic acids is 1. The Balaban J connectivity index is 1.16. The average molecular weight is 477 g/mol. The molecule has 1 heterocycles. The number of hydrogen-bond donors (Lipinski definition) is 1. The van der Waals surface area contributed by atoms with Crippen molar-refractivity contribution in [2.45, 2.75) is 51.3 Å². The fourth-order valence-corrected chi connectivity index (χ4v) is 4.34. The van der Waals surface area contributed by atoms with Crippen LogP contribution >= 0.6 is 0 Å². The van der Waals surface area contributed by atoms with Gasteiger partial charge in [0, 0.05) is 37.8 Å². The first kappa shape index (κ1) is 24.0. The van der Waals surface area contributed by atoms with Crippen LogP contribution in [0.15, 0.2) is 97.3 Å². The summed E-state index contributed by atoms with van der Waals surface area (Å²) in [7, 11) is 0. The summed E-state index contributed by atoms with van der Waals surface area (Å²) in [6.45, 7) is 1.40. The molecule has 0 bridgehead atoms. The number of Topliss-reactive ketones (excluding diaryl/α,β-unsaturated/α-hetero) is 1. The molecule has 0 aliphatic heterocycles. The van der Waals surface area contributed by atoms with E-state index in [1.54, 1.807) is 6.20 Å². The van der Waals surface area contributed by atoms with Gasteiger partial charge in [-0.25, -0.2) is 0 Å². The van der Waals surface area contributed by atoms with E-state index in [-0.39, 0.29) is 5.78 Å². The van der Waals surface area contributed by atoms with E-state index >= 15 is 0 Å². The predicted molar refractivity (Wildman–Crippen MR) is 144 cm³/mol. The molecular weight excluding hydrogens is 444 g/mol. The van der Waals surface area contributed by atoms with Crippen molar-refractivity contribution in [3.8, 4) is 16.9 Å². The molecule has 36 heavy (non-hydrogen) atoms. The van der Waals surface area contributed by atoms with Crippen LogP contribution in [0.1, 0.15) is 41.5 Å². The van der Waals surface area contributed by atoms with E-state index in [9.17, 15) is 4.79 Å². The van der Waals surface area contributed by atoms with Crippen molar-refractivity contribution >= 4 is 5.78 Å². The number of benzene rings is 3. The molecule has 3 aromatic carbocycles. The maximum Gasteiger partial charge on any atom is 0.137 e. The molecule has 1 aromatic heterocycles. The third-order valence-corrected chi connectivity index (χ3v) is 6.56. The first-order chi connectivity index (χ1) is 17.7. The van der Waals surface area contributed by atoms with E-state index < -0.39 is 0 Å². The minimum Gasteiger partial charge on any atom is -0.489 e. The zero-order valence-corrected chi connectivity index (χ0v) is 20.5. The van der Waals surface area contributed by atoms with Gasteiger partial charge >= 0.3 is 0 Å². The summed E-state index contributed by atoms with van der Waals surface area (Å²) < 4.78 is 6.13. The van der Waals surface area contributed by atoms with Gasteiger partial charge in [0.2, 0.25) is 0 Å². The van der Waals surface area contributed by atoms with Gasteiger partial charge in [-0.2, -0.15) is 0 Å². The van der Waals surface area contributed by atoms with E-state index in [0.717, 1.165) is 35.4 Å². The van der Waals surface area contributed by atoms with Crippen LogP contribution in [0.2, 0.25) is 0 Å². The summed E-state index contributed by atoms with van der Waals surface area (Å²) in [5.74, 6) is 1.04. The molecule has 0 atom stereocenters. The van der Waals surface area contributed by atoms with E-state index in [4.69, 9.17) is 4.74 Å². The van der Waals surface area contributed by atoms with Crippen molar-refractivity contribution in [3.63, 3.8) is 0 Å². The molecule has 1 saturated carbocycles. The van der Waals surface area contributed by atoms with Crippen molar-refractivity contribution in [2.24, 2.45) is 0 Å². The highest BCUT2D eigenvalue weighted by Gasteiger charge is 2.20. The highest BCUT2D eigenvalue weighted by Crippen LogP contribution is 2.27. The highest BCUT2D eigenvalue weighted by atomic mass is 16.5. The first-order valence-corrected chi connectivity index (χ1v) is 12.8. The van der Waals surface area contributed by atoms with Crippen LogP contribution in [0, 0.1) is 0 Å². The summed E-state index contributed by atoms with van der Waals surface area (Å²) in [5, 5.41) is 3.60. The number of hydrogen-bond acceptors (Lipinski definition) is 4. The van der Waals surface area contributed by atoms with Crippen LogP contribution in [-0.2, 0) is 30.8 Å². The molecule has 0 saturated heterocycles. The molecule has 0 radical (unpaired) electrons. The molecular formula is C32H32N2O2. The van der Waals surface area contributed by atoms with Crippen molar-refractivity contribution < 1.29 is 9.53 Å². The molecule has 0 amide bonds. The Morgan fingerprint density at radius 2 is 1.72 bits per heavy atom. The van der Waals surface area contributed by atoms with Crippen LogP contribution in [0.5, 0.6) is 5.75 Å². The van der Waals surface area contributed by atoms with Gasteiger partial charge in [0.05, 0.1) is 0 Å². The van der Waals surface area contributed by atoms with Crippen LogP contribution in [0.25, 0.3) is 11.1 Å². The number of rotatable bonds is 12. The molecule has 1 aliphatic rings. The molecule has 0 unspecified atom stereocenters. The van der Waals surface area contributed by atoms with Gasteiger partial charge in [-0.15, -0.1) is 0 Å². The smallest absolute Gasteiger partial charge is 0.137 e. The lowest BCUT2D eigenvalue weighted by atomic mass is 9.98. The summed E-state index contributed by atoms with van der Waals surface area (Å²) in [6, 6.07) is 29.7. The van der Waals surface area contributed by atoms with Gasteiger partial charge in [0.1, 0.15) is 18.1 Å². The Hall–Kier alpha value is -3.76. The van der Waals surface area contributed by atoms with Gasteiger partial charge in [-0.3, -0.25) is 9.78 Å². The van der Waals surface area contributed by atoms with Gasteiger partial charge < -0.3 is 10.1 Å². The average Bonchev–Trinajstić information content (AvgIpc) is 3.76. The Labute approximate surface area is 213 Å². The summed E-state index contributed by atoms with van der Waals surface area (Å²) in [6.07, 6.45) is 7.86. The fraction of sp³-hybridized carbons (Fsp3) is 0.250. The molecule has 1 N–H and O–H groups in total. The van der Waals surface area contributed by atoms with E-state index in [1.165, 1.54) is 29.5 Å². The maximum absolute atomic E-state index is 12.4. The lowest BCUT2D eigenvalue weighted by molar-refractivity contribution is -0.118. The van der Waals surface area contributed by atoms with Crippen molar-refractivity contribution in [2.75, 3.05) is 0 Å². The van der Waals surface area contributed by atoms with Crippen LogP contribution < -0.4 is 10.1 Å². The topological polar surface area (TPSA) is 51.2 Å². The Morgan fingerprint density at radius 3 is 2.53 bits per heavy atom.